The van der Waals surface area contributed by atoms with Gasteiger partial charge in [-0.25, -0.2) is 4.79 Å². The van der Waals surface area contributed by atoms with Crippen LogP contribution in [0.4, 0.5) is 0 Å². The van der Waals surface area contributed by atoms with Gasteiger partial charge in [0, 0.05) is 12.5 Å². The van der Waals surface area contributed by atoms with E-state index < -0.39 is 32.3 Å². The molecule has 4 atom stereocenters. The smallest absolute Gasteiger partial charge is 0.330 e. The number of rotatable bonds is 11. The zero-order chi connectivity index (χ0) is 22.5. The van der Waals surface area contributed by atoms with Gasteiger partial charge >= 0.3 is 5.97 Å². The Bertz CT molecular complexity index is 564. The molecule has 0 unspecified atom stereocenters. The van der Waals surface area contributed by atoms with Crippen molar-refractivity contribution in [3.63, 3.8) is 0 Å². The zero-order valence-electron chi connectivity index (χ0n) is 19.7. The third kappa shape index (κ3) is 7.35. The number of ether oxygens (including phenoxy) is 3. The van der Waals surface area contributed by atoms with Crippen LogP contribution in [0.1, 0.15) is 67.2 Å². The molecule has 0 spiro atoms. The summed E-state index contributed by atoms with van der Waals surface area (Å²) in [5, 5.41) is 0.000317. The third-order valence-electron chi connectivity index (χ3n) is 5.82. The van der Waals surface area contributed by atoms with Gasteiger partial charge in [-0.2, -0.15) is 0 Å². The first-order chi connectivity index (χ1) is 13.3. The van der Waals surface area contributed by atoms with Gasteiger partial charge in [-0.15, -0.1) is 6.58 Å². The maximum Gasteiger partial charge on any atom is 0.330 e. The van der Waals surface area contributed by atoms with E-state index in [1.165, 1.54) is 6.08 Å². The molecule has 0 aromatic rings. The van der Waals surface area contributed by atoms with E-state index in [-0.39, 0.29) is 17.2 Å². The molecule has 0 amide bonds. The average molecular weight is 427 g/mol. The molecule has 5 nitrogen and oxygen atoms in total. The zero-order valence-corrected chi connectivity index (χ0v) is 20.7. The van der Waals surface area contributed by atoms with E-state index in [0.29, 0.717) is 6.42 Å². The van der Waals surface area contributed by atoms with Gasteiger partial charge in [-0.05, 0) is 38.4 Å². The lowest BCUT2D eigenvalue weighted by Gasteiger charge is -2.43. The summed E-state index contributed by atoms with van der Waals surface area (Å²) >= 11 is 0. The van der Waals surface area contributed by atoms with Gasteiger partial charge in [0.25, 0.3) is 0 Å². The molecule has 6 heteroatoms. The van der Waals surface area contributed by atoms with Gasteiger partial charge < -0.3 is 18.6 Å². The number of carbonyl (C=O) groups excluding carboxylic acids is 1. The lowest BCUT2D eigenvalue weighted by molar-refractivity contribution is -0.169. The van der Waals surface area contributed by atoms with Crippen LogP contribution in [0.2, 0.25) is 18.1 Å². The van der Waals surface area contributed by atoms with Crippen molar-refractivity contribution in [2.24, 2.45) is 0 Å². The summed E-state index contributed by atoms with van der Waals surface area (Å²) in [7, 11) is -2.18. The van der Waals surface area contributed by atoms with Crippen LogP contribution in [-0.4, -0.2) is 44.5 Å². The van der Waals surface area contributed by atoms with E-state index in [0.717, 1.165) is 19.3 Å². The summed E-state index contributed by atoms with van der Waals surface area (Å²) in [4.78, 5) is 12.1. The van der Waals surface area contributed by atoms with Crippen LogP contribution in [0.15, 0.2) is 25.3 Å². The van der Waals surface area contributed by atoms with E-state index in [1.54, 1.807) is 6.08 Å². The molecule has 168 valence electrons. The first kappa shape index (κ1) is 26.1. The molecule has 0 bridgehead atoms. The maximum absolute atomic E-state index is 12.1. The van der Waals surface area contributed by atoms with Crippen molar-refractivity contribution < 1.29 is 23.4 Å². The van der Waals surface area contributed by atoms with Gasteiger partial charge in [-0.1, -0.05) is 53.2 Å². The van der Waals surface area contributed by atoms with E-state index in [2.05, 4.69) is 53.9 Å². The fourth-order valence-electron chi connectivity index (χ4n) is 3.25. The minimum absolute atomic E-state index is 0.000317. The quantitative estimate of drug-likeness (QED) is 0.182. The minimum atomic E-state index is -2.18. The molecular weight excluding hydrogens is 384 g/mol. The number of hydrogen-bond donors (Lipinski definition) is 0. The minimum Gasteiger partial charge on any atom is -0.456 e. The van der Waals surface area contributed by atoms with Gasteiger partial charge in [0.1, 0.15) is 18.3 Å². The van der Waals surface area contributed by atoms with Crippen LogP contribution in [-0.2, 0) is 23.4 Å². The molecule has 29 heavy (non-hydrogen) atoms. The maximum atomic E-state index is 12.1. The summed E-state index contributed by atoms with van der Waals surface area (Å²) < 4.78 is 25.1. The van der Waals surface area contributed by atoms with E-state index in [9.17, 15) is 4.79 Å². The second-order valence-corrected chi connectivity index (χ2v) is 14.6. The van der Waals surface area contributed by atoms with Crippen molar-refractivity contribution in [2.45, 2.75) is 116 Å². The van der Waals surface area contributed by atoms with Crippen molar-refractivity contribution >= 4 is 14.3 Å². The third-order valence-corrected chi connectivity index (χ3v) is 10.3. The molecule has 1 aliphatic rings. The van der Waals surface area contributed by atoms with Crippen LogP contribution in [0.3, 0.4) is 0 Å². The molecule has 1 rings (SSSR count). The second-order valence-electron chi connectivity index (χ2n) is 9.83. The molecule has 0 aliphatic carbocycles. The first-order valence-electron chi connectivity index (χ1n) is 10.8. The molecule has 1 aliphatic heterocycles. The average Bonchev–Trinajstić information content (AvgIpc) is 2.90. The van der Waals surface area contributed by atoms with Gasteiger partial charge in [0.05, 0.1) is 6.10 Å². The SMILES string of the molecule is C=CC[C@H](OC(=O)C=C)[C@@H](O[Si](C)(C)C(C)(C)C)[C@@H]1OC(C)(C)O[C@H]1CCCC. The van der Waals surface area contributed by atoms with Crippen molar-refractivity contribution in [2.75, 3.05) is 0 Å². The molecular formula is C23H42O5Si. The van der Waals surface area contributed by atoms with Crippen LogP contribution < -0.4 is 0 Å². The monoisotopic (exact) mass is 426 g/mol. The normalized spacial score (nSPS) is 24.0. The molecule has 0 radical (unpaired) electrons. The highest BCUT2D eigenvalue weighted by Crippen LogP contribution is 2.41. The Balaban J connectivity index is 3.33. The Morgan fingerprint density at radius 3 is 2.34 bits per heavy atom. The van der Waals surface area contributed by atoms with E-state index >= 15 is 0 Å². The summed E-state index contributed by atoms with van der Waals surface area (Å²) in [5.74, 6) is -1.18. The highest BCUT2D eigenvalue weighted by molar-refractivity contribution is 6.74. The van der Waals surface area contributed by atoms with Gasteiger partial charge in [0.2, 0.25) is 0 Å². The lowest BCUT2D eigenvalue weighted by Crippen LogP contribution is -2.54. The number of esters is 1. The van der Waals surface area contributed by atoms with Crippen molar-refractivity contribution in [1.29, 1.82) is 0 Å². The largest absolute Gasteiger partial charge is 0.456 e. The molecule has 0 aromatic carbocycles. The van der Waals surface area contributed by atoms with Crippen LogP contribution in [0.25, 0.3) is 0 Å². The predicted octanol–water partition coefficient (Wildman–Crippen LogP) is 5.76. The molecule has 0 N–H and O–H groups in total. The Labute approximate surface area is 179 Å². The Morgan fingerprint density at radius 1 is 1.24 bits per heavy atom. The Hall–Kier alpha value is -0.953. The molecule has 1 heterocycles. The van der Waals surface area contributed by atoms with E-state index in [4.69, 9.17) is 18.6 Å². The summed E-state index contributed by atoms with van der Waals surface area (Å²) in [5.41, 5.74) is 0. The second kappa shape index (κ2) is 10.4. The molecule has 0 saturated carbocycles. The van der Waals surface area contributed by atoms with Crippen LogP contribution >= 0.6 is 0 Å². The van der Waals surface area contributed by atoms with Gasteiger partial charge in [-0.3, -0.25) is 0 Å². The summed E-state index contributed by atoms with van der Waals surface area (Å²) in [6.45, 7) is 24.4. The first-order valence-corrected chi connectivity index (χ1v) is 13.7. The molecule has 1 fully saturated rings. The number of unbranched alkanes of at least 4 members (excludes halogenated alkanes) is 1. The molecule has 0 aromatic heterocycles. The lowest BCUT2D eigenvalue weighted by atomic mass is 9.97. The predicted molar refractivity (Wildman–Crippen MR) is 120 cm³/mol. The highest BCUT2D eigenvalue weighted by Gasteiger charge is 2.51. The standard InChI is InChI=1S/C23H42O5Si/c1-11-14-16-18-20(27-23(7,8)26-18)21(28-29(9,10)22(4,5)6)17(15-12-2)25-19(24)13-3/h12-13,17-18,20-21H,2-3,11,14-16H2,1,4-10H3/t17-,18-,20+,21+/m0/s1. The fourth-order valence-corrected chi connectivity index (χ4v) is 4.57. The summed E-state index contributed by atoms with van der Waals surface area (Å²) in [6.07, 6.45) is 4.99. The Kier molecular flexibility index (Phi) is 9.33. The van der Waals surface area contributed by atoms with Crippen molar-refractivity contribution in [3.05, 3.63) is 25.3 Å². The topological polar surface area (TPSA) is 54.0 Å². The van der Waals surface area contributed by atoms with Crippen molar-refractivity contribution in [3.8, 4) is 0 Å². The molecule has 1 saturated heterocycles. The van der Waals surface area contributed by atoms with Gasteiger partial charge in [0.15, 0.2) is 14.1 Å². The summed E-state index contributed by atoms with van der Waals surface area (Å²) in [6, 6.07) is 0. The number of hydrogen-bond acceptors (Lipinski definition) is 5. The Morgan fingerprint density at radius 2 is 1.86 bits per heavy atom. The highest BCUT2D eigenvalue weighted by atomic mass is 28.4. The number of carbonyl (C=O) groups is 1. The van der Waals surface area contributed by atoms with Crippen molar-refractivity contribution in [1.82, 2.24) is 0 Å². The van der Waals surface area contributed by atoms with Crippen LogP contribution in [0.5, 0.6) is 0 Å². The van der Waals surface area contributed by atoms with E-state index in [1.807, 2.05) is 13.8 Å². The fraction of sp³-hybridized carbons (Fsp3) is 0.783. The van der Waals surface area contributed by atoms with Crippen LogP contribution in [0, 0.1) is 0 Å².